The van der Waals surface area contributed by atoms with Crippen LogP contribution in [0.1, 0.15) is 18.4 Å². The van der Waals surface area contributed by atoms with E-state index in [9.17, 15) is 0 Å². The van der Waals surface area contributed by atoms with E-state index in [2.05, 4.69) is 22.4 Å². The van der Waals surface area contributed by atoms with Crippen LogP contribution in [0.25, 0.3) is 0 Å². The molecule has 0 aromatic heterocycles. The summed E-state index contributed by atoms with van der Waals surface area (Å²) in [6.07, 6.45) is 2.11. The lowest BCUT2D eigenvalue weighted by Crippen LogP contribution is -2.39. The molecule has 1 fully saturated rings. The maximum Gasteiger partial charge on any atom is 0.0991 e. The molecule has 1 N–H and O–H groups in total. The lowest BCUT2D eigenvalue weighted by molar-refractivity contribution is 0.242. The van der Waals surface area contributed by atoms with Crippen LogP contribution in [-0.2, 0) is 0 Å². The SMILES string of the molecule is N#CCN1CCC(Nc2ccc(C#N)cc2)CC1. The summed E-state index contributed by atoms with van der Waals surface area (Å²) in [5.74, 6) is 0. The summed E-state index contributed by atoms with van der Waals surface area (Å²) in [4.78, 5) is 2.18. The highest BCUT2D eigenvalue weighted by molar-refractivity contribution is 5.47. The third-order valence-electron chi connectivity index (χ3n) is 3.27. The molecule has 0 bridgehead atoms. The lowest BCUT2D eigenvalue weighted by Gasteiger charge is -2.31. The molecule has 0 atom stereocenters. The van der Waals surface area contributed by atoms with E-state index in [-0.39, 0.29) is 0 Å². The first kappa shape index (κ1) is 12.4. The number of likely N-dealkylation sites (tertiary alicyclic amines) is 1. The van der Waals surface area contributed by atoms with E-state index in [0.717, 1.165) is 31.6 Å². The van der Waals surface area contributed by atoms with E-state index in [4.69, 9.17) is 10.5 Å². The van der Waals surface area contributed by atoms with Gasteiger partial charge in [0.2, 0.25) is 0 Å². The molecular weight excluding hydrogens is 224 g/mol. The minimum atomic E-state index is 0.466. The Morgan fingerprint density at radius 2 is 1.83 bits per heavy atom. The van der Waals surface area contributed by atoms with Gasteiger partial charge in [-0.05, 0) is 37.1 Å². The molecule has 2 rings (SSSR count). The second-order valence-corrected chi connectivity index (χ2v) is 4.54. The fraction of sp³-hybridized carbons (Fsp3) is 0.429. The minimum Gasteiger partial charge on any atom is -0.382 e. The van der Waals surface area contributed by atoms with Crippen LogP contribution in [0.3, 0.4) is 0 Å². The molecular formula is C14H16N4. The number of nitriles is 2. The van der Waals surface area contributed by atoms with Crippen molar-refractivity contribution < 1.29 is 0 Å². The van der Waals surface area contributed by atoms with E-state index < -0.39 is 0 Å². The van der Waals surface area contributed by atoms with Crippen LogP contribution in [0.4, 0.5) is 5.69 Å². The second-order valence-electron chi connectivity index (χ2n) is 4.54. The molecule has 1 saturated heterocycles. The molecule has 1 aromatic rings. The Bertz CT molecular complexity index is 458. The number of piperidine rings is 1. The maximum atomic E-state index is 8.73. The zero-order valence-corrected chi connectivity index (χ0v) is 10.3. The van der Waals surface area contributed by atoms with E-state index >= 15 is 0 Å². The van der Waals surface area contributed by atoms with Gasteiger partial charge in [-0.1, -0.05) is 0 Å². The summed E-state index contributed by atoms with van der Waals surface area (Å²) in [6.45, 7) is 2.48. The first-order valence-electron chi connectivity index (χ1n) is 6.18. The van der Waals surface area contributed by atoms with Gasteiger partial charge in [0.15, 0.2) is 0 Å². The first-order chi connectivity index (χ1) is 8.81. The van der Waals surface area contributed by atoms with Gasteiger partial charge in [0.1, 0.15) is 0 Å². The highest BCUT2D eigenvalue weighted by Crippen LogP contribution is 2.16. The molecule has 1 aromatic carbocycles. The Morgan fingerprint density at radius 1 is 1.17 bits per heavy atom. The number of benzene rings is 1. The Hall–Kier alpha value is -2.04. The van der Waals surface area contributed by atoms with Crippen molar-refractivity contribution in [3.8, 4) is 12.1 Å². The Kier molecular flexibility index (Phi) is 4.17. The maximum absolute atomic E-state index is 8.73. The third kappa shape index (κ3) is 3.23. The number of nitrogens with zero attached hydrogens (tertiary/aromatic N) is 3. The highest BCUT2D eigenvalue weighted by Gasteiger charge is 2.18. The van der Waals surface area contributed by atoms with Gasteiger partial charge in [-0.15, -0.1) is 0 Å². The zero-order valence-electron chi connectivity index (χ0n) is 10.3. The molecule has 0 spiro atoms. The molecule has 1 heterocycles. The fourth-order valence-corrected chi connectivity index (χ4v) is 2.21. The van der Waals surface area contributed by atoms with Gasteiger partial charge >= 0.3 is 0 Å². The summed E-state index contributed by atoms with van der Waals surface area (Å²) >= 11 is 0. The molecule has 1 aliphatic rings. The molecule has 0 radical (unpaired) electrons. The van der Waals surface area contributed by atoms with Gasteiger partial charge < -0.3 is 5.32 Å². The highest BCUT2D eigenvalue weighted by atomic mass is 15.1. The van der Waals surface area contributed by atoms with Crippen molar-refractivity contribution in [2.45, 2.75) is 18.9 Å². The Labute approximate surface area is 107 Å². The number of hydrogen-bond donors (Lipinski definition) is 1. The van der Waals surface area contributed by atoms with Crippen LogP contribution >= 0.6 is 0 Å². The third-order valence-corrected chi connectivity index (χ3v) is 3.27. The molecule has 0 saturated carbocycles. The average molecular weight is 240 g/mol. The van der Waals surface area contributed by atoms with Crippen LogP contribution in [0, 0.1) is 22.7 Å². The van der Waals surface area contributed by atoms with Crippen LogP contribution in [0.15, 0.2) is 24.3 Å². The van der Waals surface area contributed by atoms with E-state index in [1.165, 1.54) is 0 Å². The van der Waals surface area contributed by atoms with Gasteiger partial charge in [0, 0.05) is 24.8 Å². The van der Waals surface area contributed by atoms with Crippen molar-refractivity contribution in [3.63, 3.8) is 0 Å². The molecule has 18 heavy (non-hydrogen) atoms. The summed E-state index contributed by atoms with van der Waals surface area (Å²) in [7, 11) is 0. The van der Waals surface area contributed by atoms with Crippen molar-refractivity contribution in [1.29, 1.82) is 10.5 Å². The standard InChI is InChI=1S/C14H16N4/c15-7-10-18-8-5-14(6-9-18)17-13-3-1-12(11-16)2-4-13/h1-4,14,17H,5-6,8-10H2. The van der Waals surface area contributed by atoms with Crippen molar-refractivity contribution >= 4 is 5.69 Å². The number of anilines is 1. The van der Waals surface area contributed by atoms with Crippen LogP contribution < -0.4 is 5.32 Å². The lowest BCUT2D eigenvalue weighted by atomic mass is 10.0. The Morgan fingerprint density at radius 3 is 2.39 bits per heavy atom. The smallest absolute Gasteiger partial charge is 0.0991 e. The minimum absolute atomic E-state index is 0.466. The molecule has 4 heteroatoms. The quantitative estimate of drug-likeness (QED) is 0.820. The van der Waals surface area contributed by atoms with Crippen LogP contribution in [0.5, 0.6) is 0 Å². The zero-order chi connectivity index (χ0) is 12.8. The fourth-order valence-electron chi connectivity index (χ4n) is 2.21. The number of rotatable bonds is 3. The van der Waals surface area contributed by atoms with Crippen LogP contribution in [-0.4, -0.2) is 30.6 Å². The van der Waals surface area contributed by atoms with Crippen molar-refractivity contribution in [2.75, 3.05) is 25.0 Å². The Balaban J connectivity index is 1.84. The predicted octanol–water partition coefficient (Wildman–Crippen LogP) is 1.96. The van der Waals surface area contributed by atoms with Crippen LogP contribution in [0.2, 0.25) is 0 Å². The molecule has 0 unspecified atom stereocenters. The first-order valence-corrected chi connectivity index (χ1v) is 6.18. The monoisotopic (exact) mass is 240 g/mol. The van der Waals surface area contributed by atoms with Crippen molar-refractivity contribution in [1.82, 2.24) is 4.90 Å². The van der Waals surface area contributed by atoms with Gasteiger partial charge in [-0.3, -0.25) is 4.90 Å². The average Bonchev–Trinajstić information content (AvgIpc) is 2.42. The van der Waals surface area contributed by atoms with E-state index in [1.807, 2.05) is 24.3 Å². The van der Waals surface area contributed by atoms with Crippen molar-refractivity contribution in [3.05, 3.63) is 29.8 Å². The summed E-state index contributed by atoms with van der Waals surface area (Å²) in [5, 5.41) is 20.8. The van der Waals surface area contributed by atoms with Gasteiger partial charge in [0.05, 0.1) is 24.2 Å². The van der Waals surface area contributed by atoms with Gasteiger partial charge in [0.25, 0.3) is 0 Å². The molecule has 4 nitrogen and oxygen atoms in total. The topological polar surface area (TPSA) is 62.9 Å². The van der Waals surface area contributed by atoms with Crippen molar-refractivity contribution in [2.24, 2.45) is 0 Å². The number of nitrogens with one attached hydrogen (secondary N) is 1. The molecule has 0 amide bonds. The van der Waals surface area contributed by atoms with Gasteiger partial charge in [-0.2, -0.15) is 10.5 Å². The molecule has 0 aliphatic carbocycles. The predicted molar refractivity (Wildman–Crippen MR) is 69.9 cm³/mol. The molecule has 92 valence electrons. The largest absolute Gasteiger partial charge is 0.382 e. The number of hydrogen-bond acceptors (Lipinski definition) is 4. The normalized spacial score (nSPS) is 16.8. The van der Waals surface area contributed by atoms with E-state index in [1.54, 1.807) is 0 Å². The second kappa shape index (κ2) is 6.05. The van der Waals surface area contributed by atoms with E-state index in [0.29, 0.717) is 18.2 Å². The molecule has 1 aliphatic heterocycles. The van der Waals surface area contributed by atoms with Gasteiger partial charge in [-0.25, -0.2) is 0 Å². The summed E-state index contributed by atoms with van der Waals surface area (Å²) in [6, 6.07) is 12.3. The summed E-state index contributed by atoms with van der Waals surface area (Å²) < 4.78 is 0. The summed E-state index contributed by atoms with van der Waals surface area (Å²) in [5.41, 5.74) is 1.75.